The van der Waals surface area contributed by atoms with Crippen molar-refractivity contribution < 1.29 is 14.3 Å². The molecule has 0 spiro atoms. The van der Waals surface area contributed by atoms with Crippen molar-refractivity contribution in [2.24, 2.45) is 5.92 Å². The van der Waals surface area contributed by atoms with E-state index in [4.69, 9.17) is 9.47 Å². The van der Waals surface area contributed by atoms with E-state index in [2.05, 4.69) is 15.9 Å². The number of likely N-dealkylation sites (tertiary alicyclic amines) is 1. The standard InChI is InChI=1S/C16H22BrNO3/c1-16(2,3)21-15(19)18-9-8-12(10-18)11-20-14-7-5-4-6-13(14)17/h4-7,12H,8-11H2,1-3H3/t12-/m1/s1. The van der Waals surface area contributed by atoms with Gasteiger partial charge in [-0.25, -0.2) is 4.79 Å². The lowest BCUT2D eigenvalue weighted by molar-refractivity contribution is 0.0285. The van der Waals surface area contributed by atoms with Gasteiger partial charge in [0, 0.05) is 19.0 Å². The van der Waals surface area contributed by atoms with E-state index in [1.807, 2.05) is 45.0 Å². The summed E-state index contributed by atoms with van der Waals surface area (Å²) in [4.78, 5) is 13.8. The number of carbonyl (C=O) groups is 1. The SMILES string of the molecule is CC(C)(C)OC(=O)N1CC[C@@H](COc2ccccc2Br)C1. The molecule has 0 radical (unpaired) electrons. The maximum Gasteiger partial charge on any atom is 0.410 e. The summed E-state index contributed by atoms with van der Waals surface area (Å²) in [6, 6.07) is 7.79. The second kappa shape index (κ2) is 6.69. The van der Waals surface area contributed by atoms with Crippen LogP contribution >= 0.6 is 15.9 Å². The van der Waals surface area contributed by atoms with Gasteiger partial charge >= 0.3 is 6.09 Å². The third-order valence-electron chi connectivity index (χ3n) is 3.25. The first-order valence-electron chi connectivity index (χ1n) is 7.20. The molecule has 1 saturated heterocycles. The monoisotopic (exact) mass is 355 g/mol. The molecule has 21 heavy (non-hydrogen) atoms. The minimum Gasteiger partial charge on any atom is -0.492 e. The Balaban J connectivity index is 1.80. The molecule has 1 heterocycles. The Bertz CT molecular complexity index is 499. The summed E-state index contributed by atoms with van der Waals surface area (Å²) in [6.45, 7) is 7.69. The zero-order valence-electron chi connectivity index (χ0n) is 12.8. The van der Waals surface area contributed by atoms with Crippen molar-refractivity contribution in [2.45, 2.75) is 32.8 Å². The van der Waals surface area contributed by atoms with E-state index in [-0.39, 0.29) is 6.09 Å². The van der Waals surface area contributed by atoms with Crippen LogP contribution in [0.3, 0.4) is 0 Å². The molecule has 1 atom stereocenters. The quantitative estimate of drug-likeness (QED) is 0.819. The normalized spacial score (nSPS) is 18.7. The lowest BCUT2D eigenvalue weighted by Gasteiger charge is -2.24. The molecule has 1 aliphatic rings. The highest BCUT2D eigenvalue weighted by Crippen LogP contribution is 2.26. The van der Waals surface area contributed by atoms with Gasteiger partial charge in [-0.15, -0.1) is 0 Å². The third-order valence-corrected chi connectivity index (χ3v) is 3.90. The number of nitrogens with zero attached hydrogens (tertiary/aromatic N) is 1. The van der Waals surface area contributed by atoms with E-state index in [1.54, 1.807) is 4.90 Å². The van der Waals surface area contributed by atoms with E-state index >= 15 is 0 Å². The van der Waals surface area contributed by atoms with Gasteiger partial charge in [0.15, 0.2) is 0 Å². The minimum atomic E-state index is -0.444. The number of ether oxygens (including phenoxy) is 2. The van der Waals surface area contributed by atoms with Crippen molar-refractivity contribution in [2.75, 3.05) is 19.7 Å². The van der Waals surface area contributed by atoms with Crippen molar-refractivity contribution in [3.63, 3.8) is 0 Å². The maximum absolute atomic E-state index is 12.0. The smallest absolute Gasteiger partial charge is 0.410 e. The van der Waals surface area contributed by atoms with Crippen LogP contribution in [0.2, 0.25) is 0 Å². The number of para-hydroxylation sites is 1. The Labute approximate surface area is 134 Å². The summed E-state index contributed by atoms with van der Waals surface area (Å²) in [5.41, 5.74) is -0.444. The number of hydrogen-bond acceptors (Lipinski definition) is 3. The van der Waals surface area contributed by atoms with E-state index in [0.717, 1.165) is 23.2 Å². The average molecular weight is 356 g/mol. The lowest BCUT2D eigenvalue weighted by atomic mass is 10.1. The Morgan fingerprint density at radius 2 is 2.10 bits per heavy atom. The number of benzene rings is 1. The van der Waals surface area contributed by atoms with Gasteiger partial charge in [0.25, 0.3) is 0 Å². The Morgan fingerprint density at radius 3 is 2.76 bits per heavy atom. The van der Waals surface area contributed by atoms with Crippen LogP contribution in [0.1, 0.15) is 27.2 Å². The highest BCUT2D eigenvalue weighted by molar-refractivity contribution is 9.10. The Kier molecular flexibility index (Phi) is 5.14. The Morgan fingerprint density at radius 1 is 1.38 bits per heavy atom. The van der Waals surface area contributed by atoms with Gasteiger partial charge in [0.1, 0.15) is 11.4 Å². The van der Waals surface area contributed by atoms with Crippen LogP contribution in [0.25, 0.3) is 0 Å². The van der Waals surface area contributed by atoms with Crippen molar-refractivity contribution in [3.8, 4) is 5.75 Å². The molecule has 0 saturated carbocycles. The number of hydrogen-bond donors (Lipinski definition) is 0. The van der Waals surface area contributed by atoms with Crippen molar-refractivity contribution in [3.05, 3.63) is 28.7 Å². The molecule has 5 heteroatoms. The fraction of sp³-hybridized carbons (Fsp3) is 0.562. The molecule has 2 rings (SSSR count). The van der Waals surface area contributed by atoms with Crippen LogP contribution in [0.15, 0.2) is 28.7 Å². The molecule has 0 unspecified atom stereocenters. The first kappa shape index (κ1) is 16.1. The number of halogens is 1. The van der Waals surface area contributed by atoms with Gasteiger partial charge in [0.05, 0.1) is 11.1 Å². The fourth-order valence-electron chi connectivity index (χ4n) is 2.23. The van der Waals surface area contributed by atoms with E-state index in [1.165, 1.54) is 0 Å². The number of carbonyl (C=O) groups excluding carboxylic acids is 1. The van der Waals surface area contributed by atoms with Gasteiger partial charge in [0.2, 0.25) is 0 Å². The van der Waals surface area contributed by atoms with Crippen molar-refractivity contribution in [1.82, 2.24) is 4.90 Å². The van der Waals surface area contributed by atoms with Crippen LogP contribution in [-0.2, 0) is 4.74 Å². The zero-order valence-corrected chi connectivity index (χ0v) is 14.4. The molecule has 1 aromatic carbocycles. The summed E-state index contributed by atoms with van der Waals surface area (Å²) in [5.74, 6) is 1.19. The molecular weight excluding hydrogens is 334 g/mol. The van der Waals surface area contributed by atoms with Gasteiger partial charge in [-0.05, 0) is 55.3 Å². The fourth-order valence-corrected chi connectivity index (χ4v) is 2.63. The summed E-state index contributed by atoms with van der Waals surface area (Å²) in [7, 11) is 0. The third kappa shape index (κ3) is 4.92. The lowest BCUT2D eigenvalue weighted by Crippen LogP contribution is -2.35. The molecule has 0 N–H and O–H groups in total. The molecule has 1 fully saturated rings. The summed E-state index contributed by atoms with van der Waals surface area (Å²) in [6.07, 6.45) is 0.717. The second-order valence-electron chi connectivity index (χ2n) is 6.32. The minimum absolute atomic E-state index is 0.231. The average Bonchev–Trinajstić information content (AvgIpc) is 2.85. The van der Waals surface area contributed by atoms with Crippen LogP contribution in [-0.4, -0.2) is 36.3 Å². The molecule has 1 aromatic rings. The van der Waals surface area contributed by atoms with Gasteiger partial charge in [-0.1, -0.05) is 12.1 Å². The van der Waals surface area contributed by atoms with Crippen LogP contribution in [0.4, 0.5) is 4.79 Å². The summed E-state index contributed by atoms with van der Waals surface area (Å²) >= 11 is 3.46. The van der Waals surface area contributed by atoms with E-state index < -0.39 is 5.60 Å². The highest BCUT2D eigenvalue weighted by atomic mass is 79.9. The van der Waals surface area contributed by atoms with Crippen molar-refractivity contribution >= 4 is 22.0 Å². The Hall–Kier alpha value is -1.23. The number of rotatable bonds is 3. The topological polar surface area (TPSA) is 38.8 Å². The molecule has 0 aliphatic carbocycles. The molecule has 0 bridgehead atoms. The highest BCUT2D eigenvalue weighted by Gasteiger charge is 2.30. The zero-order chi connectivity index (χ0) is 15.5. The van der Waals surface area contributed by atoms with Crippen LogP contribution < -0.4 is 4.74 Å². The van der Waals surface area contributed by atoms with Gasteiger partial charge in [-0.2, -0.15) is 0 Å². The molecule has 116 valence electrons. The van der Waals surface area contributed by atoms with Crippen molar-refractivity contribution in [1.29, 1.82) is 0 Å². The van der Waals surface area contributed by atoms with E-state index in [9.17, 15) is 4.79 Å². The molecule has 0 aromatic heterocycles. The molecule has 1 amide bonds. The van der Waals surface area contributed by atoms with Gasteiger partial charge in [-0.3, -0.25) is 0 Å². The summed E-state index contributed by atoms with van der Waals surface area (Å²) < 4.78 is 12.2. The first-order chi connectivity index (χ1) is 9.85. The molecular formula is C16H22BrNO3. The second-order valence-corrected chi connectivity index (χ2v) is 7.18. The predicted octanol–water partition coefficient (Wildman–Crippen LogP) is 4.08. The maximum atomic E-state index is 12.0. The molecule has 1 aliphatic heterocycles. The van der Waals surface area contributed by atoms with E-state index in [0.29, 0.717) is 19.1 Å². The summed E-state index contributed by atoms with van der Waals surface area (Å²) in [5, 5.41) is 0. The molecule has 4 nitrogen and oxygen atoms in total. The van der Waals surface area contributed by atoms with Crippen LogP contribution in [0.5, 0.6) is 5.75 Å². The predicted molar refractivity (Wildman–Crippen MR) is 85.6 cm³/mol. The number of amides is 1. The first-order valence-corrected chi connectivity index (χ1v) is 8.00. The van der Waals surface area contributed by atoms with Gasteiger partial charge < -0.3 is 14.4 Å². The largest absolute Gasteiger partial charge is 0.492 e. The van der Waals surface area contributed by atoms with Crippen LogP contribution in [0, 0.1) is 5.92 Å².